The largest absolute Gasteiger partial charge is 0.493 e. The zero-order valence-electron chi connectivity index (χ0n) is 14.6. The van der Waals surface area contributed by atoms with Crippen molar-refractivity contribution >= 4 is 11.6 Å². The molecule has 128 valence electrons. The van der Waals surface area contributed by atoms with Crippen LogP contribution in [0.2, 0.25) is 0 Å². The fraction of sp³-hybridized carbons (Fsp3) is 0.316. The van der Waals surface area contributed by atoms with Crippen LogP contribution in [-0.4, -0.2) is 26.7 Å². The third kappa shape index (κ3) is 4.73. The van der Waals surface area contributed by atoms with Crippen molar-refractivity contribution in [3.63, 3.8) is 0 Å². The minimum atomic E-state index is -0.0706. The van der Waals surface area contributed by atoms with Gasteiger partial charge in [0.1, 0.15) is 0 Å². The number of aryl methyl sites for hydroxylation is 2. The fourth-order valence-corrected chi connectivity index (χ4v) is 2.34. The van der Waals surface area contributed by atoms with Crippen LogP contribution >= 0.6 is 0 Å². The molecule has 0 spiro atoms. The summed E-state index contributed by atoms with van der Waals surface area (Å²) in [5.41, 5.74) is 4.20. The molecule has 0 atom stereocenters. The number of hydrogen-bond acceptors (Lipinski definition) is 4. The predicted molar refractivity (Wildman–Crippen MR) is 95.8 cm³/mol. The first kappa shape index (κ1) is 17.8. The number of rotatable bonds is 7. The molecule has 5 heteroatoms. The van der Waals surface area contributed by atoms with Crippen molar-refractivity contribution in [3.8, 4) is 11.5 Å². The monoisotopic (exact) mass is 328 g/mol. The summed E-state index contributed by atoms with van der Waals surface area (Å²) < 4.78 is 10.5. The van der Waals surface area contributed by atoms with Crippen LogP contribution in [0.3, 0.4) is 0 Å². The minimum Gasteiger partial charge on any atom is -0.493 e. The Bertz CT molecular complexity index is 714. The lowest BCUT2D eigenvalue weighted by molar-refractivity contribution is -0.115. The first-order chi connectivity index (χ1) is 11.5. The Kier molecular flexibility index (Phi) is 6.21. The van der Waals surface area contributed by atoms with E-state index in [0.29, 0.717) is 18.0 Å². The quantitative estimate of drug-likeness (QED) is 0.820. The molecule has 2 aromatic carbocycles. The Morgan fingerprint density at radius 2 is 1.71 bits per heavy atom. The maximum absolute atomic E-state index is 12.0. The van der Waals surface area contributed by atoms with E-state index in [9.17, 15) is 4.79 Å². The summed E-state index contributed by atoms with van der Waals surface area (Å²) in [6, 6.07) is 11.6. The van der Waals surface area contributed by atoms with Crippen LogP contribution in [0.4, 0.5) is 5.69 Å². The van der Waals surface area contributed by atoms with E-state index in [1.807, 2.05) is 50.2 Å². The highest BCUT2D eigenvalue weighted by molar-refractivity contribution is 5.92. The number of carbonyl (C=O) groups excluding carboxylic acids is 1. The maximum Gasteiger partial charge on any atom is 0.238 e. The zero-order valence-corrected chi connectivity index (χ0v) is 14.6. The summed E-state index contributed by atoms with van der Waals surface area (Å²) in [6.07, 6.45) is 0. The molecule has 0 bridgehead atoms. The van der Waals surface area contributed by atoms with Crippen molar-refractivity contribution in [3.05, 3.63) is 53.1 Å². The van der Waals surface area contributed by atoms with Gasteiger partial charge in [-0.15, -0.1) is 0 Å². The number of nitrogens with one attached hydrogen (secondary N) is 2. The molecule has 2 N–H and O–H groups in total. The van der Waals surface area contributed by atoms with Crippen LogP contribution in [0.1, 0.15) is 16.7 Å². The number of carbonyl (C=O) groups is 1. The third-order valence-electron chi connectivity index (χ3n) is 3.85. The maximum atomic E-state index is 12.0. The van der Waals surface area contributed by atoms with E-state index in [4.69, 9.17) is 9.47 Å². The van der Waals surface area contributed by atoms with E-state index in [1.54, 1.807) is 14.2 Å². The smallest absolute Gasteiger partial charge is 0.238 e. The Labute approximate surface area is 143 Å². The van der Waals surface area contributed by atoms with Gasteiger partial charge in [-0.1, -0.05) is 12.1 Å². The van der Waals surface area contributed by atoms with Crippen LogP contribution in [0.25, 0.3) is 0 Å². The third-order valence-corrected chi connectivity index (χ3v) is 3.85. The standard InChI is InChI=1S/C19H24N2O3/c1-13-5-7-16(9-14(13)2)21-19(22)12-20-11-15-6-8-17(23-3)18(10-15)24-4/h5-10,20H,11-12H2,1-4H3,(H,21,22). The van der Waals surface area contributed by atoms with Gasteiger partial charge in [0.05, 0.1) is 20.8 Å². The molecule has 0 aliphatic rings. The lowest BCUT2D eigenvalue weighted by Crippen LogP contribution is -2.27. The molecule has 0 fully saturated rings. The second-order valence-electron chi connectivity index (χ2n) is 5.64. The Morgan fingerprint density at radius 3 is 2.38 bits per heavy atom. The molecule has 5 nitrogen and oxygen atoms in total. The van der Waals surface area contributed by atoms with Gasteiger partial charge in [-0.3, -0.25) is 4.79 Å². The van der Waals surface area contributed by atoms with Gasteiger partial charge in [-0.05, 0) is 54.8 Å². The normalized spacial score (nSPS) is 10.3. The topological polar surface area (TPSA) is 59.6 Å². The second kappa shape index (κ2) is 8.36. The molecule has 0 aliphatic carbocycles. The summed E-state index contributed by atoms with van der Waals surface area (Å²) in [5.74, 6) is 1.30. The molecule has 0 saturated heterocycles. The molecule has 0 radical (unpaired) electrons. The van der Waals surface area contributed by atoms with E-state index in [0.717, 1.165) is 16.8 Å². The summed E-state index contributed by atoms with van der Waals surface area (Å²) in [4.78, 5) is 12.0. The molecule has 2 aromatic rings. The number of ether oxygens (including phenoxy) is 2. The van der Waals surface area contributed by atoms with Crippen molar-refractivity contribution in [1.82, 2.24) is 5.32 Å². The first-order valence-electron chi connectivity index (χ1n) is 7.82. The van der Waals surface area contributed by atoms with Crippen molar-refractivity contribution in [2.45, 2.75) is 20.4 Å². The van der Waals surface area contributed by atoms with Crippen molar-refractivity contribution in [1.29, 1.82) is 0 Å². The van der Waals surface area contributed by atoms with Crippen LogP contribution < -0.4 is 20.1 Å². The first-order valence-corrected chi connectivity index (χ1v) is 7.82. The molecule has 24 heavy (non-hydrogen) atoms. The lowest BCUT2D eigenvalue weighted by Gasteiger charge is -2.11. The number of benzene rings is 2. The van der Waals surface area contributed by atoms with Gasteiger partial charge in [-0.2, -0.15) is 0 Å². The number of methoxy groups -OCH3 is 2. The number of amides is 1. The molecule has 0 aliphatic heterocycles. The summed E-state index contributed by atoms with van der Waals surface area (Å²) >= 11 is 0. The zero-order chi connectivity index (χ0) is 17.5. The van der Waals surface area contributed by atoms with E-state index >= 15 is 0 Å². The fourth-order valence-electron chi connectivity index (χ4n) is 2.34. The van der Waals surface area contributed by atoms with E-state index in [2.05, 4.69) is 10.6 Å². The van der Waals surface area contributed by atoms with E-state index in [1.165, 1.54) is 5.56 Å². The van der Waals surface area contributed by atoms with Gasteiger partial charge < -0.3 is 20.1 Å². The van der Waals surface area contributed by atoms with Crippen LogP contribution in [-0.2, 0) is 11.3 Å². The van der Waals surface area contributed by atoms with Crippen LogP contribution in [0.15, 0.2) is 36.4 Å². The molecule has 0 aromatic heterocycles. The summed E-state index contributed by atoms with van der Waals surface area (Å²) in [7, 11) is 3.21. The van der Waals surface area contributed by atoms with Gasteiger partial charge in [0.2, 0.25) is 5.91 Å². The van der Waals surface area contributed by atoms with Crippen molar-refractivity contribution < 1.29 is 14.3 Å². The highest BCUT2D eigenvalue weighted by Crippen LogP contribution is 2.27. The van der Waals surface area contributed by atoms with Gasteiger partial charge >= 0.3 is 0 Å². The summed E-state index contributed by atoms with van der Waals surface area (Å²) in [6.45, 7) is 4.88. The molecular weight excluding hydrogens is 304 g/mol. The van der Waals surface area contributed by atoms with Crippen molar-refractivity contribution in [2.24, 2.45) is 0 Å². The van der Waals surface area contributed by atoms with Crippen molar-refractivity contribution in [2.75, 3.05) is 26.1 Å². The van der Waals surface area contributed by atoms with Gasteiger partial charge in [0, 0.05) is 12.2 Å². The minimum absolute atomic E-state index is 0.0706. The lowest BCUT2D eigenvalue weighted by atomic mass is 10.1. The number of hydrogen-bond donors (Lipinski definition) is 2. The van der Waals surface area contributed by atoms with E-state index < -0.39 is 0 Å². The molecule has 0 heterocycles. The molecule has 0 unspecified atom stereocenters. The summed E-state index contributed by atoms with van der Waals surface area (Å²) in [5, 5.41) is 6.02. The number of anilines is 1. The molecule has 0 saturated carbocycles. The van der Waals surface area contributed by atoms with Crippen LogP contribution in [0.5, 0.6) is 11.5 Å². The average molecular weight is 328 g/mol. The molecule has 1 amide bonds. The Balaban J connectivity index is 1.85. The second-order valence-corrected chi connectivity index (χ2v) is 5.64. The van der Waals surface area contributed by atoms with Gasteiger partial charge in [0.25, 0.3) is 0 Å². The Hall–Kier alpha value is -2.53. The predicted octanol–water partition coefficient (Wildman–Crippen LogP) is 3.05. The van der Waals surface area contributed by atoms with Gasteiger partial charge in [0.15, 0.2) is 11.5 Å². The van der Waals surface area contributed by atoms with Crippen LogP contribution in [0, 0.1) is 13.8 Å². The van der Waals surface area contributed by atoms with E-state index in [-0.39, 0.29) is 12.5 Å². The molecule has 2 rings (SSSR count). The highest BCUT2D eigenvalue weighted by Gasteiger charge is 2.06. The average Bonchev–Trinajstić information content (AvgIpc) is 2.58. The highest BCUT2D eigenvalue weighted by atomic mass is 16.5. The SMILES string of the molecule is COc1ccc(CNCC(=O)Nc2ccc(C)c(C)c2)cc1OC. The molecular formula is C19H24N2O3. The van der Waals surface area contributed by atoms with Gasteiger partial charge in [-0.25, -0.2) is 0 Å². The Morgan fingerprint density at radius 1 is 0.958 bits per heavy atom.